The number of benzene rings is 2. The molecule has 0 bridgehead atoms. The van der Waals surface area contributed by atoms with E-state index in [-0.39, 0.29) is 0 Å². The number of nitrogens with zero attached hydrogens (tertiary/aromatic N) is 1. The predicted molar refractivity (Wildman–Crippen MR) is 121 cm³/mol. The zero-order chi connectivity index (χ0) is 19.7. The van der Waals surface area contributed by atoms with Gasteiger partial charge in [0.1, 0.15) is 17.5 Å². The van der Waals surface area contributed by atoms with Gasteiger partial charge in [0.15, 0.2) is 0 Å². The van der Waals surface area contributed by atoms with Crippen LogP contribution in [0.2, 0.25) is 0 Å². The molecule has 1 aliphatic heterocycles. The summed E-state index contributed by atoms with van der Waals surface area (Å²) in [6, 6.07) is 11.1. The Hall–Kier alpha value is -2.39. The fourth-order valence-corrected chi connectivity index (χ4v) is 6.52. The summed E-state index contributed by atoms with van der Waals surface area (Å²) >= 11 is 1.86. The average molecular weight is 401 g/mol. The average Bonchev–Trinajstić information content (AvgIpc) is 3.40. The van der Waals surface area contributed by atoms with Crippen molar-refractivity contribution in [3.63, 3.8) is 0 Å². The van der Waals surface area contributed by atoms with Gasteiger partial charge in [-0.3, -0.25) is 0 Å². The molecule has 6 rings (SSSR count). The molecule has 0 atom stereocenters. The van der Waals surface area contributed by atoms with Gasteiger partial charge in [-0.2, -0.15) is 4.57 Å². The number of hydrogen-bond acceptors (Lipinski definition) is 2. The summed E-state index contributed by atoms with van der Waals surface area (Å²) in [6.45, 7) is 4.50. The van der Waals surface area contributed by atoms with Gasteiger partial charge in [-0.25, -0.2) is 0 Å². The quantitative estimate of drug-likeness (QED) is 0.291. The van der Waals surface area contributed by atoms with Gasteiger partial charge in [-0.15, -0.1) is 11.3 Å². The maximum atomic E-state index is 6.73. The SMILES string of the molecule is Cc1cc2cccc3c2c(c1C)-c1c(c(CC2CCCC2)c2sccc2[n+]1C)O3. The Balaban J connectivity index is 1.73. The molecule has 146 valence electrons. The molecule has 0 N–H and O–H groups in total. The Kier molecular flexibility index (Phi) is 3.80. The second-order valence-corrected chi connectivity index (χ2v) is 9.77. The second kappa shape index (κ2) is 6.30. The third kappa shape index (κ3) is 2.43. The molecule has 0 unspecified atom stereocenters. The van der Waals surface area contributed by atoms with Gasteiger partial charge in [0.05, 0.1) is 5.56 Å². The standard InChI is InChI=1S/C26H26NOS/c1-15-13-18-9-6-10-21-23(18)22(16(15)2)24-25(28-21)19(14-17-7-4-5-8-17)26-20(27(24)3)11-12-29-26/h6,9-13,17H,4-5,7-8,14H2,1-3H3/q+1. The van der Waals surface area contributed by atoms with Crippen molar-refractivity contribution in [2.75, 3.05) is 0 Å². The zero-order valence-electron chi connectivity index (χ0n) is 17.3. The molecule has 2 aromatic heterocycles. The Morgan fingerprint density at radius 2 is 1.97 bits per heavy atom. The van der Waals surface area contributed by atoms with Crippen molar-refractivity contribution < 1.29 is 9.30 Å². The summed E-state index contributed by atoms with van der Waals surface area (Å²) in [4.78, 5) is 0. The highest BCUT2D eigenvalue weighted by molar-refractivity contribution is 7.17. The van der Waals surface area contributed by atoms with Gasteiger partial charge in [0.25, 0.3) is 5.69 Å². The van der Waals surface area contributed by atoms with Gasteiger partial charge >= 0.3 is 0 Å². The van der Waals surface area contributed by atoms with Gasteiger partial charge in [0.2, 0.25) is 11.3 Å². The first-order valence-corrected chi connectivity index (χ1v) is 11.6. The monoisotopic (exact) mass is 400 g/mol. The van der Waals surface area contributed by atoms with Crippen molar-refractivity contribution in [3.05, 3.63) is 52.4 Å². The zero-order valence-corrected chi connectivity index (χ0v) is 18.2. The number of fused-ring (bicyclic) bond motifs is 3. The minimum Gasteiger partial charge on any atom is -0.449 e. The molecule has 0 radical (unpaired) electrons. The van der Waals surface area contributed by atoms with Crippen molar-refractivity contribution in [2.24, 2.45) is 13.0 Å². The molecule has 1 aliphatic carbocycles. The van der Waals surface area contributed by atoms with E-state index in [4.69, 9.17) is 4.74 Å². The molecule has 3 heteroatoms. The Labute approximate surface area is 175 Å². The van der Waals surface area contributed by atoms with Crippen LogP contribution in [0.25, 0.3) is 32.2 Å². The summed E-state index contributed by atoms with van der Waals surface area (Å²) in [7, 11) is 2.21. The van der Waals surface area contributed by atoms with E-state index in [2.05, 4.69) is 61.2 Å². The van der Waals surface area contributed by atoms with Crippen LogP contribution in [0.1, 0.15) is 42.4 Å². The normalized spacial score (nSPS) is 15.8. The first kappa shape index (κ1) is 17.5. The highest BCUT2D eigenvalue weighted by Gasteiger charge is 2.35. The highest BCUT2D eigenvalue weighted by Crippen LogP contribution is 2.51. The number of thiophene rings is 1. The molecule has 3 heterocycles. The van der Waals surface area contributed by atoms with Crippen LogP contribution in [0.4, 0.5) is 0 Å². The summed E-state index contributed by atoms with van der Waals surface area (Å²) in [5.41, 5.74) is 8.10. The smallest absolute Gasteiger partial charge is 0.257 e. The first-order chi connectivity index (χ1) is 14.1. The van der Waals surface area contributed by atoms with Crippen molar-refractivity contribution in [1.29, 1.82) is 0 Å². The van der Waals surface area contributed by atoms with Crippen molar-refractivity contribution in [2.45, 2.75) is 46.0 Å². The molecular formula is C26H26NOS+. The van der Waals surface area contributed by atoms with E-state index in [1.54, 1.807) is 0 Å². The van der Waals surface area contributed by atoms with Crippen LogP contribution >= 0.6 is 11.3 Å². The molecule has 0 amide bonds. The third-order valence-electron chi connectivity index (χ3n) is 7.17. The van der Waals surface area contributed by atoms with Gasteiger partial charge in [-0.05, 0) is 54.1 Å². The number of rotatable bonds is 2. The third-order valence-corrected chi connectivity index (χ3v) is 8.13. The number of aromatic nitrogens is 1. The van der Waals surface area contributed by atoms with Crippen LogP contribution in [-0.4, -0.2) is 0 Å². The molecular weight excluding hydrogens is 374 g/mol. The van der Waals surface area contributed by atoms with E-state index in [9.17, 15) is 0 Å². The molecule has 4 aromatic rings. The highest BCUT2D eigenvalue weighted by atomic mass is 32.1. The van der Waals surface area contributed by atoms with Crippen LogP contribution in [0.5, 0.6) is 11.5 Å². The van der Waals surface area contributed by atoms with Crippen LogP contribution in [0, 0.1) is 19.8 Å². The number of aryl methyl sites for hydroxylation is 2. The number of hydrogen-bond donors (Lipinski definition) is 0. The predicted octanol–water partition coefficient (Wildman–Crippen LogP) is 7.00. The maximum absolute atomic E-state index is 6.73. The molecule has 1 fully saturated rings. The molecule has 0 spiro atoms. The lowest BCUT2D eigenvalue weighted by molar-refractivity contribution is -0.633. The van der Waals surface area contributed by atoms with Crippen molar-refractivity contribution >= 4 is 32.3 Å². The lowest BCUT2D eigenvalue weighted by Crippen LogP contribution is -2.34. The summed E-state index contributed by atoms with van der Waals surface area (Å²) < 4.78 is 10.5. The van der Waals surface area contributed by atoms with Gasteiger partial charge < -0.3 is 4.74 Å². The summed E-state index contributed by atoms with van der Waals surface area (Å²) in [5, 5.41) is 4.77. The molecule has 29 heavy (non-hydrogen) atoms. The fraction of sp³-hybridized carbons (Fsp3) is 0.346. The van der Waals surface area contributed by atoms with E-state index in [0.717, 1.165) is 23.8 Å². The van der Waals surface area contributed by atoms with Gasteiger partial charge in [0, 0.05) is 17.0 Å². The van der Waals surface area contributed by atoms with E-state index in [1.165, 1.54) is 74.6 Å². The first-order valence-electron chi connectivity index (χ1n) is 10.8. The van der Waals surface area contributed by atoms with Crippen molar-refractivity contribution in [1.82, 2.24) is 0 Å². The van der Waals surface area contributed by atoms with Gasteiger partial charge in [-0.1, -0.05) is 43.9 Å². The minimum absolute atomic E-state index is 0.788. The number of pyridine rings is 1. The number of ether oxygens (including phenoxy) is 1. The fourth-order valence-electron chi connectivity index (χ4n) is 5.54. The van der Waals surface area contributed by atoms with E-state index in [1.807, 2.05) is 11.3 Å². The maximum Gasteiger partial charge on any atom is 0.257 e. The van der Waals surface area contributed by atoms with Crippen LogP contribution in [-0.2, 0) is 13.5 Å². The Bertz CT molecular complexity index is 1290. The van der Waals surface area contributed by atoms with Crippen LogP contribution in [0.15, 0.2) is 35.7 Å². The summed E-state index contributed by atoms with van der Waals surface area (Å²) in [6.07, 6.45) is 6.60. The molecule has 2 aliphatic rings. The molecule has 2 nitrogen and oxygen atoms in total. The van der Waals surface area contributed by atoms with Crippen LogP contribution in [0.3, 0.4) is 0 Å². The lowest BCUT2D eigenvalue weighted by Gasteiger charge is -2.24. The Morgan fingerprint density at radius 3 is 2.79 bits per heavy atom. The summed E-state index contributed by atoms with van der Waals surface area (Å²) in [5.74, 6) is 2.90. The van der Waals surface area contributed by atoms with E-state index < -0.39 is 0 Å². The Morgan fingerprint density at radius 1 is 1.14 bits per heavy atom. The van der Waals surface area contributed by atoms with Crippen molar-refractivity contribution in [3.8, 4) is 22.8 Å². The van der Waals surface area contributed by atoms with E-state index >= 15 is 0 Å². The topological polar surface area (TPSA) is 13.1 Å². The lowest BCUT2D eigenvalue weighted by atomic mass is 9.88. The minimum atomic E-state index is 0.788. The van der Waals surface area contributed by atoms with E-state index in [0.29, 0.717) is 0 Å². The molecule has 0 saturated heterocycles. The molecule has 1 saturated carbocycles. The van der Waals surface area contributed by atoms with Crippen LogP contribution < -0.4 is 9.30 Å². The largest absolute Gasteiger partial charge is 0.449 e. The second-order valence-electron chi connectivity index (χ2n) is 8.85. The molecule has 2 aromatic carbocycles.